The van der Waals surface area contributed by atoms with Gasteiger partial charge >= 0.3 is 6.18 Å². The lowest BCUT2D eigenvalue weighted by Gasteiger charge is -2.21. The fourth-order valence-electron chi connectivity index (χ4n) is 1.77. The van der Waals surface area contributed by atoms with E-state index in [1.54, 1.807) is 29.2 Å². The van der Waals surface area contributed by atoms with Crippen LogP contribution in [0, 0.1) is 0 Å². The highest BCUT2D eigenvalue weighted by Gasteiger charge is 2.27. The van der Waals surface area contributed by atoms with E-state index in [1.807, 2.05) is 0 Å². The number of anilines is 1. The Balaban J connectivity index is 2.50. The van der Waals surface area contributed by atoms with Gasteiger partial charge in [-0.05, 0) is 17.7 Å². The third kappa shape index (κ3) is 8.16. The minimum atomic E-state index is -4.36. The zero-order chi connectivity index (χ0) is 15.9. The first kappa shape index (κ1) is 17.3. The van der Waals surface area contributed by atoms with E-state index in [4.69, 9.17) is 11.5 Å². The molecule has 0 radical (unpaired) electrons. The number of benzene rings is 1. The molecule has 5 nitrogen and oxygen atoms in total. The molecule has 0 spiro atoms. The normalized spacial score (nSPS) is 11.8. The molecule has 1 aromatic rings. The SMILES string of the molecule is NC(=O)CN(CCOCC(F)(F)F)Cc1cccc(N)c1. The number of nitrogens with two attached hydrogens (primary N) is 2. The van der Waals surface area contributed by atoms with Crippen LogP contribution >= 0.6 is 0 Å². The second-order valence-electron chi connectivity index (χ2n) is 4.59. The van der Waals surface area contributed by atoms with Gasteiger partial charge in [-0.2, -0.15) is 13.2 Å². The van der Waals surface area contributed by atoms with Crippen molar-refractivity contribution in [3.05, 3.63) is 29.8 Å². The maximum atomic E-state index is 12.0. The third-order valence-electron chi connectivity index (χ3n) is 2.55. The van der Waals surface area contributed by atoms with Crippen molar-refractivity contribution in [3.8, 4) is 0 Å². The van der Waals surface area contributed by atoms with Gasteiger partial charge in [-0.15, -0.1) is 0 Å². The Bertz CT molecular complexity index is 466. The number of hydrogen-bond acceptors (Lipinski definition) is 4. The van der Waals surface area contributed by atoms with Gasteiger partial charge in [0, 0.05) is 18.8 Å². The minimum absolute atomic E-state index is 0.0653. The average molecular weight is 305 g/mol. The fourth-order valence-corrected chi connectivity index (χ4v) is 1.77. The number of carbonyl (C=O) groups excluding carboxylic acids is 1. The van der Waals surface area contributed by atoms with Crippen molar-refractivity contribution < 1.29 is 22.7 Å². The van der Waals surface area contributed by atoms with Gasteiger partial charge in [-0.3, -0.25) is 9.69 Å². The summed E-state index contributed by atoms with van der Waals surface area (Å²) in [4.78, 5) is 12.6. The number of halogens is 3. The predicted octanol–water partition coefficient (Wildman–Crippen LogP) is 1.13. The van der Waals surface area contributed by atoms with Gasteiger partial charge in [0.1, 0.15) is 6.61 Å². The van der Waals surface area contributed by atoms with Crippen molar-refractivity contribution in [3.63, 3.8) is 0 Å². The monoisotopic (exact) mass is 305 g/mol. The molecular formula is C13H18F3N3O2. The van der Waals surface area contributed by atoms with Crippen LogP contribution < -0.4 is 11.5 Å². The molecule has 21 heavy (non-hydrogen) atoms. The highest BCUT2D eigenvalue weighted by Crippen LogP contribution is 2.14. The Morgan fingerprint density at radius 3 is 2.62 bits per heavy atom. The summed E-state index contributed by atoms with van der Waals surface area (Å²) in [6.07, 6.45) is -4.36. The first-order chi connectivity index (χ1) is 9.76. The van der Waals surface area contributed by atoms with E-state index in [1.165, 1.54) is 0 Å². The van der Waals surface area contributed by atoms with Crippen LogP contribution in [0.5, 0.6) is 0 Å². The van der Waals surface area contributed by atoms with E-state index in [9.17, 15) is 18.0 Å². The van der Waals surface area contributed by atoms with Crippen LogP contribution in [0.2, 0.25) is 0 Å². The van der Waals surface area contributed by atoms with Gasteiger partial charge in [-0.1, -0.05) is 12.1 Å². The fraction of sp³-hybridized carbons (Fsp3) is 0.462. The standard InChI is InChI=1S/C13H18F3N3O2/c14-13(15,16)9-21-5-4-19(8-12(18)20)7-10-2-1-3-11(17)6-10/h1-3,6H,4-5,7-9,17H2,(H2,18,20). The quantitative estimate of drug-likeness (QED) is 0.557. The van der Waals surface area contributed by atoms with Gasteiger partial charge in [0.15, 0.2) is 0 Å². The summed E-state index contributed by atoms with van der Waals surface area (Å²) in [5.74, 6) is -0.560. The summed E-state index contributed by atoms with van der Waals surface area (Å²) in [5, 5.41) is 0. The molecule has 0 aliphatic heterocycles. The Morgan fingerprint density at radius 2 is 2.05 bits per heavy atom. The Hall–Kier alpha value is -1.80. The van der Waals surface area contributed by atoms with Crippen LogP contribution in [0.3, 0.4) is 0 Å². The maximum Gasteiger partial charge on any atom is 0.411 e. The molecule has 1 rings (SSSR count). The topological polar surface area (TPSA) is 81.6 Å². The number of alkyl halides is 3. The lowest BCUT2D eigenvalue weighted by atomic mass is 10.2. The molecule has 0 bridgehead atoms. The summed E-state index contributed by atoms with van der Waals surface area (Å²) >= 11 is 0. The maximum absolute atomic E-state index is 12.0. The number of nitrogen functional groups attached to an aromatic ring is 1. The summed E-state index contributed by atoms with van der Waals surface area (Å²) in [5.41, 5.74) is 12.2. The van der Waals surface area contributed by atoms with E-state index < -0.39 is 18.7 Å². The molecule has 0 unspecified atom stereocenters. The highest BCUT2D eigenvalue weighted by molar-refractivity contribution is 5.75. The van der Waals surface area contributed by atoms with E-state index in [0.29, 0.717) is 12.2 Å². The van der Waals surface area contributed by atoms with Crippen molar-refractivity contribution in [2.45, 2.75) is 12.7 Å². The van der Waals surface area contributed by atoms with Crippen molar-refractivity contribution in [1.82, 2.24) is 4.90 Å². The largest absolute Gasteiger partial charge is 0.411 e. The molecule has 0 aromatic heterocycles. The molecule has 1 aromatic carbocycles. The number of hydrogen-bond donors (Lipinski definition) is 2. The number of primary amides is 1. The van der Waals surface area contributed by atoms with Gasteiger partial charge < -0.3 is 16.2 Å². The summed E-state index contributed by atoms with van der Waals surface area (Å²) in [7, 11) is 0. The summed E-state index contributed by atoms with van der Waals surface area (Å²) in [6.45, 7) is -1.01. The summed E-state index contributed by atoms with van der Waals surface area (Å²) < 4.78 is 40.4. The van der Waals surface area contributed by atoms with Gasteiger partial charge in [0.25, 0.3) is 0 Å². The van der Waals surface area contributed by atoms with Crippen LogP contribution in [0.25, 0.3) is 0 Å². The number of nitrogens with zero attached hydrogens (tertiary/aromatic N) is 1. The van der Waals surface area contributed by atoms with Crippen LogP contribution in [0.4, 0.5) is 18.9 Å². The first-order valence-corrected chi connectivity index (χ1v) is 6.26. The number of amides is 1. The van der Waals surface area contributed by atoms with Crippen molar-refractivity contribution >= 4 is 11.6 Å². The molecule has 0 saturated heterocycles. The summed E-state index contributed by atoms with van der Waals surface area (Å²) in [6, 6.07) is 7.01. The lowest BCUT2D eigenvalue weighted by molar-refractivity contribution is -0.174. The molecule has 0 saturated carbocycles. The smallest absolute Gasteiger partial charge is 0.399 e. The van der Waals surface area contributed by atoms with Crippen LogP contribution in [-0.2, 0) is 16.1 Å². The van der Waals surface area contributed by atoms with Gasteiger partial charge in [0.05, 0.1) is 13.2 Å². The number of rotatable bonds is 8. The second kappa shape index (κ2) is 7.84. The van der Waals surface area contributed by atoms with E-state index >= 15 is 0 Å². The highest BCUT2D eigenvalue weighted by atomic mass is 19.4. The second-order valence-corrected chi connectivity index (χ2v) is 4.59. The lowest BCUT2D eigenvalue weighted by Crippen LogP contribution is -2.36. The molecule has 0 aliphatic rings. The Kier molecular flexibility index (Phi) is 6.44. The number of carbonyl (C=O) groups is 1. The van der Waals surface area contributed by atoms with E-state index in [0.717, 1.165) is 5.56 Å². The van der Waals surface area contributed by atoms with Gasteiger partial charge in [0.2, 0.25) is 5.91 Å². The number of ether oxygens (including phenoxy) is 1. The zero-order valence-corrected chi connectivity index (χ0v) is 11.4. The molecular weight excluding hydrogens is 287 g/mol. The first-order valence-electron chi connectivity index (χ1n) is 6.26. The molecule has 118 valence electrons. The van der Waals surface area contributed by atoms with Crippen molar-refractivity contribution in [2.75, 3.05) is 32.0 Å². The molecule has 8 heteroatoms. The molecule has 1 amide bonds. The van der Waals surface area contributed by atoms with Crippen molar-refractivity contribution in [1.29, 1.82) is 0 Å². The van der Waals surface area contributed by atoms with Crippen molar-refractivity contribution in [2.24, 2.45) is 5.73 Å². The van der Waals surface area contributed by atoms with Gasteiger partial charge in [-0.25, -0.2) is 0 Å². The van der Waals surface area contributed by atoms with E-state index in [2.05, 4.69) is 4.74 Å². The molecule has 0 atom stereocenters. The van der Waals surface area contributed by atoms with Crippen LogP contribution in [-0.4, -0.2) is 43.3 Å². The van der Waals surface area contributed by atoms with Crippen LogP contribution in [0.1, 0.15) is 5.56 Å². The Morgan fingerprint density at radius 1 is 1.33 bits per heavy atom. The molecule has 0 aliphatic carbocycles. The van der Waals surface area contributed by atoms with Crippen LogP contribution in [0.15, 0.2) is 24.3 Å². The molecule has 0 fully saturated rings. The Labute approximate surface area is 120 Å². The molecule has 4 N–H and O–H groups in total. The third-order valence-corrected chi connectivity index (χ3v) is 2.55. The predicted molar refractivity (Wildman–Crippen MR) is 72.2 cm³/mol. The van der Waals surface area contributed by atoms with E-state index in [-0.39, 0.29) is 19.7 Å². The zero-order valence-electron chi connectivity index (χ0n) is 11.4. The average Bonchev–Trinajstić information content (AvgIpc) is 2.32. The minimum Gasteiger partial charge on any atom is -0.399 e. The molecule has 0 heterocycles.